The second kappa shape index (κ2) is 23.0. The highest BCUT2D eigenvalue weighted by atomic mass is 35.5. The molecule has 9 rings (SSSR count). The third-order valence-corrected chi connectivity index (χ3v) is 20.8. The molecule has 0 atom stereocenters. The second-order valence-corrected chi connectivity index (χ2v) is 26.4. The second-order valence-electron chi connectivity index (χ2n) is 19.2. The number of nitrogens with two attached hydrogens (primary N) is 2. The van der Waals surface area contributed by atoms with E-state index in [0.29, 0.717) is 71.3 Å². The summed E-state index contributed by atoms with van der Waals surface area (Å²) in [7, 11) is -4.15. The molecule has 0 radical (unpaired) electrons. The standard InChI is InChI=1S/C23H26ClN5O2S.C15H11ClN4.C15H23NO5S2/c1-14-9-22-17(10-21(14)26-2)19(18-11-27-12-20(25)23(18)24)13-29(22)15-5-7-16(8-6-15)32(30,31)28(3)4;1-8-3-14-9(4-13(8)18-2)10(6-20-14)11-5-19-7-12(17)15(11)16;1-12-4-8-15(9-5-12)23(19,20)21-13-6-10-14(11-7-13)22(17,18)16(2)3/h9-13,15-16H,5-8,25H2,1,3-4H3;3-7,20H,17H2,1H3;4-5,8-9,13-14H,6-7,10-11H2,1-3H3. The van der Waals surface area contributed by atoms with E-state index in [4.69, 9.17) is 52.0 Å². The van der Waals surface area contributed by atoms with Gasteiger partial charge in [0.2, 0.25) is 20.0 Å². The van der Waals surface area contributed by atoms with Gasteiger partial charge in [-0.1, -0.05) is 40.9 Å². The van der Waals surface area contributed by atoms with E-state index >= 15 is 0 Å². The van der Waals surface area contributed by atoms with Crippen molar-refractivity contribution in [1.82, 2.24) is 28.1 Å². The molecule has 22 heteroatoms. The van der Waals surface area contributed by atoms with Gasteiger partial charge in [-0.3, -0.25) is 14.2 Å². The first-order valence-electron chi connectivity index (χ1n) is 24.0. The van der Waals surface area contributed by atoms with E-state index in [1.807, 2.05) is 57.4 Å². The summed E-state index contributed by atoms with van der Waals surface area (Å²) in [6.07, 6.45) is 14.3. The SMILES string of the molecule is Cc1ccc(S(=O)(=O)OC2CCC(S(=O)(=O)N(C)C)CC2)cc1.[C-]#[N+]c1cc2c(-c3cncc(N)c3Cl)c[nH]c2cc1C.[C-]#[N+]c1cc2c(-c3cncc(N)c3Cl)cn(C3CCC(S(=O)(=O)N(C)C)CC3)c2cc1C. The Morgan fingerprint density at radius 2 is 1.13 bits per heavy atom. The molecule has 3 aromatic carbocycles. The summed E-state index contributed by atoms with van der Waals surface area (Å²) >= 11 is 12.8. The van der Waals surface area contributed by atoms with Crippen molar-refractivity contribution in [2.75, 3.05) is 39.7 Å². The van der Waals surface area contributed by atoms with Gasteiger partial charge in [0.25, 0.3) is 10.1 Å². The molecular weight excluding hydrogens is 1060 g/mol. The number of pyridine rings is 2. The molecular formula is C53H60Cl2N10O7S3. The van der Waals surface area contributed by atoms with Gasteiger partial charge in [0.1, 0.15) is 0 Å². The number of aromatic amines is 1. The molecule has 7 aromatic rings. The number of sulfonamides is 2. The van der Waals surface area contributed by atoms with E-state index < -0.39 is 41.5 Å². The highest BCUT2D eigenvalue weighted by Crippen LogP contribution is 2.44. The normalized spacial score (nSPS) is 18.2. The van der Waals surface area contributed by atoms with Gasteiger partial charge in [-0.05, 0) is 130 Å². The summed E-state index contributed by atoms with van der Waals surface area (Å²) in [5, 5.41) is 1.96. The van der Waals surface area contributed by atoms with Gasteiger partial charge in [0.15, 0.2) is 11.4 Å². The first kappa shape index (κ1) is 56.7. The van der Waals surface area contributed by atoms with E-state index in [2.05, 4.69) is 29.2 Å². The molecule has 75 heavy (non-hydrogen) atoms. The van der Waals surface area contributed by atoms with E-state index in [0.717, 1.165) is 73.6 Å². The zero-order chi connectivity index (χ0) is 54.7. The Bertz CT molecular complexity index is 3690. The number of nitrogens with zero attached hydrogens (tertiary/aromatic N) is 7. The van der Waals surface area contributed by atoms with Gasteiger partial charge in [-0.25, -0.2) is 35.1 Å². The number of fused-ring (bicyclic) bond motifs is 2. The Morgan fingerprint density at radius 1 is 0.653 bits per heavy atom. The molecule has 2 saturated carbocycles. The quantitative estimate of drug-likeness (QED) is 0.0862. The molecule has 0 unspecified atom stereocenters. The van der Waals surface area contributed by atoms with Gasteiger partial charge >= 0.3 is 0 Å². The van der Waals surface area contributed by atoms with Gasteiger partial charge in [-0.15, -0.1) is 0 Å². The molecule has 0 aliphatic heterocycles. The van der Waals surface area contributed by atoms with Crippen molar-refractivity contribution in [3.63, 3.8) is 0 Å². The monoisotopic (exact) mass is 1110 g/mol. The van der Waals surface area contributed by atoms with E-state index in [-0.39, 0.29) is 16.2 Å². The van der Waals surface area contributed by atoms with Gasteiger partial charge < -0.3 is 21.0 Å². The van der Waals surface area contributed by atoms with Crippen molar-refractivity contribution >= 4 is 97.9 Å². The number of nitrogens with one attached hydrogen (secondary N) is 1. The number of aromatic nitrogens is 4. The van der Waals surface area contributed by atoms with Crippen LogP contribution in [0.25, 0.3) is 53.7 Å². The molecule has 2 aliphatic rings. The van der Waals surface area contributed by atoms with Crippen LogP contribution in [0.5, 0.6) is 0 Å². The van der Waals surface area contributed by atoms with E-state index in [9.17, 15) is 25.3 Å². The number of aryl methyl sites for hydroxylation is 3. The van der Waals surface area contributed by atoms with Gasteiger partial charge in [-0.2, -0.15) is 8.42 Å². The predicted molar refractivity (Wildman–Crippen MR) is 300 cm³/mol. The average Bonchev–Trinajstić information content (AvgIpc) is 3.96. The molecule has 0 bridgehead atoms. The number of benzene rings is 3. The Labute approximate surface area is 449 Å². The predicted octanol–water partition coefficient (Wildman–Crippen LogP) is 11.4. The molecule has 2 fully saturated rings. The molecule has 396 valence electrons. The van der Waals surface area contributed by atoms with Crippen LogP contribution < -0.4 is 11.5 Å². The number of hydrogen-bond acceptors (Lipinski definition) is 11. The van der Waals surface area contributed by atoms with Crippen molar-refractivity contribution in [3.05, 3.63) is 135 Å². The highest BCUT2D eigenvalue weighted by Gasteiger charge is 2.36. The number of rotatable bonds is 10. The topological polar surface area (TPSA) is 225 Å². The first-order chi connectivity index (χ1) is 35.4. The molecule has 4 heterocycles. The minimum absolute atomic E-state index is 0.131. The van der Waals surface area contributed by atoms with Gasteiger partial charge in [0.05, 0.1) is 68.5 Å². The summed E-state index contributed by atoms with van der Waals surface area (Å²) in [6, 6.07) is 14.4. The number of anilines is 2. The fourth-order valence-electron chi connectivity index (χ4n) is 9.52. The maximum atomic E-state index is 12.6. The minimum atomic E-state index is -3.81. The van der Waals surface area contributed by atoms with Crippen LogP contribution in [0.3, 0.4) is 0 Å². The maximum Gasteiger partial charge on any atom is 0.297 e. The van der Waals surface area contributed by atoms with Crippen molar-refractivity contribution in [3.8, 4) is 22.3 Å². The van der Waals surface area contributed by atoms with Crippen LogP contribution in [0.1, 0.15) is 74.1 Å². The summed E-state index contributed by atoms with van der Waals surface area (Å²) in [5.41, 5.74) is 21.9. The maximum absolute atomic E-state index is 12.6. The van der Waals surface area contributed by atoms with Crippen LogP contribution in [0, 0.1) is 33.9 Å². The van der Waals surface area contributed by atoms with E-state index in [1.54, 1.807) is 38.6 Å². The smallest absolute Gasteiger partial charge is 0.297 e. The zero-order valence-corrected chi connectivity index (χ0v) is 46.6. The third kappa shape index (κ3) is 12.1. The largest absolute Gasteiger partial charge is 0.396 e. The third-order valence-electron chi connectivity index (χ3n) is 13.9. The molecule has 17 nitrogen and oxygen atoms in total. The fourth-order valence-corrected chi connectivity index (χ4v) is 14.0. The lowest BCUT2D eigenvalue weighted by atomic mass is 9.94. The van der Waals surface area contributed by atoms with Crippen molar-refractivity contribution < 1.29 is 29.4 Å². The van der Waals surface area contributed by atoms with Crippen LogP contribution in [0.15, 0.2) is 90.6 Å². The van der Waals surface area contributed by atoms with Crippen LogP contribution in [0.2, 0.25) is 10.0 Å². The Kier molecular flexibility index (Phi) is 17.4. The van der Waals surface area contributed by atoms with E-state index in [1.165, 1.54) is 47.2 Å². The van der Waals surface area contributed by atoms with Crippen LogP contribution in [-0.2, 0) is 34.3 Å². The lowest BCUT2D eigenvalue weighted by Crippen LogP contribution is -2.37. The molecule has 0 saturated heterocycles. The average molecular weight is 1120 g/mol. The lowest BCUT2D eigenvalue weighted by Gasteiger charge is -2.31. The van der Waals surface area contributed by atoms with Gasteiger partial charge in [0, 0.05) is 92.3 Å². The summed E-state index contributed by atoms with van der Waals surface area (Å²) in [5.74, 6) is 0. The summed E-state index contributed by atoms with van der Waals surface area (Å²) < 4.78 is 83.9. The van der Waals surface area contributed by atoms with Crippen molar-refractivity contribution in [2.45, 2.75) is 99.7 Å². The number of hydrogen-bond donors (Lipinski definition) is 3. The zero-order valence-electron chi connectivity index (χ0n) is 42.7. The molecule has 0 amide bonds. The Morgan fingerprint density at radius 3 is 1.64 bits per heavy atom. The highest BCUT2D eigenvalue weighted by molar-refractivity contribution is 7.90. The van der Waals surface area contributed by atoms with Crippen LogP contribution in [0.4, 0.5) is 22.7 Å². The molecule has 0 spiro atoms. The number of H-pyrrole nitrogens is 1. The molecule has 4 aromatic heterocycles. The summed E-state index contributed by atoms with van der Waals surface area (Å²) in [6.45, 7) is 20.5. The molecule has 5 N–H and O–H groups in total. The lowest BCUT2D eigenvalue weighted by molar-refractivity contribution is 0.162. The fraction of sp³-hybridized carbons (Fsp3) is 0.358. The summed E-state index contributed by atoms with van der Waals surface area (Å²) in [4.78, 5) is 18.8. The molecule has 2 aliphatic carbocycles. The Hall–Kier alpha value is -6.07. The number of halogens is 2. The van der Waals surface area contributed by atoms with Crippen molar-refractivity contribution in [1.29, 1.82) is 0 Å². The van der Waals surface area contributed by atoms with Crippen molar-refractivity contribution in [2.24, 2.45) is 0 Å². The van der Waals surface area contributed by atoms with Crippen LogP contribution in [-0.4, -0.2) is 98.2 Å². The Balaban J connectivity index is 0.000000170. The number of nitrogen functional groups attached to an aromatic ring is 2. The minimum Gasteiger partial charge on any atom is -0.396 e. The van der Waals surface area contributed by atoms with Crippen LogP contribution >= 0.6 is 23.2 Å². The first-order valence-corrected chi connectivity index (χ1v) is 29.2.